The molecule has 1 aromatic heterocycles. The van der Waals surface area contributed by atoms with Crippen molar-refractivity contribution >= 4 is 40.8 Å². The summed E-state index contributed by atoms with van der Waals surface area (Å²) in [5.41, 5.74) is 4.30. The van der Waals surface area contributed by atoms with Crippen molar-refractivity contribution in [2.45, 2.75) is 25.3 Å². The van der Waals surface area contributed by atoms with Crippen LogP contribution in [0, 0.1) is 0 Å². The maximum atomic E-state index is 12.9. The molecule has 31 heavy (non-hydrogen) atoms. The van der Waals surface area contributed by atoms with Crippen LogP contribution in [0.3, 0.4) is 0 Å². The molecule has 2 aromatic carbocycles. The molecule has 0 saturated carbocycles. The van der Waals surface area contributed by atoms with Gasteiger partial charge in [-0.25, -0.2) is 9.48 Å². The highest BCUT2D eigenvalue weighted by Gasteiger charge is 2.37. The molecule has 0 bridgehead atoms. The standard InChI is InChI=1S/C23H17Cl2N3O3/c24-16-9-8-14(10-17(16)25)21-20-18(2-1-3-19(20)29)27-22-15(11-26-28(21)22)12-4-6-13(7-5-12)23(30)31/h4-11,21,27H,1-3H2,(H,30,31). The van der Waals surface area contributed by atoms with E-state index >= 15 is 0 Å². The average molecular weight is 454 g/mol. The summed E-state index contributed by atoms with van der Waals surface area (Å²) in [7, 11) is 0. The molecule has 0 fully saturated rings. The van der Waals surface area contributed by atoms with Crippen molar-refractivity contribution < 1.29 is 14.7 Å². The van der Waals surface area contributed by atoms with Crippen LogP contribution in [0.15, 0.2) is 59.9 Å². The monoisotopic (exact) mass is 453 g/mol. The van der Waals surface area contributed by atoms with Gasteiger partial charge in [0.15, 0.2) is 5.78 Å². The number of benzene rings is 2. The zero-order chi connectivity index (χ0) is 21.7. The molecule has 0 spiro atoms. The number of halogens is 2. The van der Waals surface area contributed by atoms with Crippen LogP contribution in [0.2, 0.25) is 10.0 Å². The lowest BCUT2D eigenvalue weighted by Gasteiger charge is -2.33. The summed E-state index contributed by atoms with van der Waals surface area (Å²) in [5.74, 6) is -0.122. The third kappa shape index (κ3) is 3.32. The van der Waals surface area contributed by atoms with Gasteiger partial charge in [0.25, 0.3) is 0 Å². The molecule has 1 aliphatic heterocycles. The van der Waals surface area contributed by atoms with Gasteiger partial charge in [0.2, 0.25) is 0 Å². The summed E-state index contributed by atoms with van der Waals surface area (Å²) >= 11 is 12.4. The molecule has 156 valence electrons. The van der Waals surface area contributed by atoms with Crippen molar-refractivity contribution in [3.8, 4) is 11.1 Å². The highest BCUT2D eigenvalue weighted by atomic mass is 35.5. The van der Waals surface area contributed by atoms with E-state index in [1.165, 1.54) is 0 Å². The van der Waals surface area contributed by atoms with Crippen molar-refractivity contribution in [3.63, 3.8) is 0 Å². The predicted octanol–water partition coefficient (Wildman–Crippen LogP) is 5.58. The van der Waals surface area contributed by atoms with Crippen LogP contribution >= 0.6 is 23.2 Å². The van der Waals surface area contributed by atoms with Crippen LogP contribution in [0.5, 0.6) is 0 Å². The maximum absolute atomic E-state index is 12.9. The van der Waals surface area contributed by atoms with Crippen molar-refractivity contribution in [2.75, 3.05) is 5.32 Å². The van der Waals surface area contributed by atoms with Gasteiger partial charge in [0.1, 0.15) is 11.9 Å². The Labute approximate surface area is 188 Å². The number of fused-ring (bicyclic) bond motifs is 1. The highest BCUT2D eigenvalue weighted by Crippen LogP contribution is 2.44. The fraction of sp³-hybridized carbons (Fsp3) is 0.174. The summed E-state index contributed by atoms with van der Waals surface area (Å²) < 4.78 is 1.79. The Morgan fingerprint density at radius 3 is 2.58 bits per heavy atom. The van der Waals surface area contributed by atoms with E-state index in [9.17, 15) is 9.59 Å². The second kappa shape index (κ2) is 7.55. The van der Waals surface area contributed by atoms with Gasteiger partial charge < -0.3 is 10.4 Å². The highest BCUT2D eigenvalue weighted by molar-refractivity contribution is 6.42. The number of hydrogen-bond donors (Lipinski definition) is 2. The van der Waals surface area contributed by atoms with E-state index in [1.807, 2.05) is 6.07 Å². The van der Waals surface area contributed by atoms with E-state index < -0.39 is 12.0 Å². The first-order valence-corrected chi connectivity index (χ1v) is 10.6. The molecule has 2 heterocycles. The number of aromatic nitrogens is 2. The van der Waals surface area contributed by atoms with Gasteiger partial charge in [0.05, 0.1) is 21.8 Å². The van der Waals surface area contributed by atoms with Crippen LogP contribution in [0.4, 0.5) is 5.82 Å². The molecule has 1 unspecified atom stereocenters. The molecule has 2 aliphatic rings. The molecule has 3 aromatic rings. The van der Waals surface area contributed by atoms with Crippen molar-refractivity contribution in [1.82, 2.24) is 9.78 Å². The number of allylic oxidation sites excluding steroid dienone is 2. The number of carboxylic acid groups (broad SMARTS) is 1. The largest absolute Gasteiger partial charge is 0.478 e. The first-order valence-electron chi connectivity index (χ1n) is 9.83. The molecule has 0 amide bonds. The smallest absolute Gasteiger partial charge is 0.335 e. The molecular weight excluding hydrogens is 437 g/mol. The van der Waals surface area contributed by atoms with Gasteiger partial charge in [-0.15, -0.1) is 0 Å². The quantitative estimate of drug-likeness (QED) is 0.540. The van der Waals surface area contributed by atoms with Crippen LogP contribution in [-0.2, 0) is 4.79 Å². The fourth-order valence-electron chi connectivity index (χ4n) is 4.25. The number of Topliss-reactive ketones (excluding diaryl/α,β-unsaturated/α-hetero) is 1. The van der Waals surface area contributed by atoms with E-state index in [-0.39, 0.29) is 11.3 Å². The number of nitrogens with zero attached hydrogens (tertiary/aromatic N) is 2. The first-order chi connectivity index (χ1) is 14.9. The van der Waals surface area contributed by atoms with Gasteiger partial charge in [-0.3, -0.25) is 4.79 Å². The average Bonchev–Trinajstić information content (AvgIpc) is 3.18. The minimum Gasteiger partial charge on any atom is -0.478 e. The summed E-state index contributed by atoms with van der Waals surface area (Å²) in [6.45, 7) is 0. The van der Waals surface area contributed by atoms with E-state index in [0.717, 1.165) is 41.0 Å². The van der Waals surface area contributed by atoms with E-state index in [4.69, 9.17) is 28.3 Å². The summed E-state index contributed by atoms with van der Waals surface area (Å²) in [6, 6.07) is 11.6. The molecule has 0 radical (unpaired) electrons. The molecule has 0 saturated heterocycles. The Morgan fingerprint density at radius 1 is 1.10 bits per heavy atom. The number of aromatic carboxylic acids is 1. The van der Waals surface area contributed by atoms with E-state index in [0.29, 0.717) is 22.0 Å². The number of carbonyl (C=O) groups excluding carboxylic acids is 1. The number of ketones is 1. The lowest BCUT2D eigenvalue weighted by atomic mass is 9.85. The Hall–Kier alpha value is -3.09. The zero-order valence-electron chi connectivity index (χ0n) is 16.2. The Kier molecular flexibility index (Phi) is 4.84. The maximum Gasteiger partial charge on any atom is 0.335 e. The van der Waals surface area contributed by atoms with Gasteiger partial charge in [0, 0.05) is 23.3 Å². The number of nitrogens with one attached hydrogen (secondary N) is 1. The Balaban J connectivity index is 1.66. The molecule has 2 N–H and O–H groups in total. The van der Waals surface area contributed by atoms with Gasteiger partial charge in [-0.2, -0.15) is 5.10 Å². The molecule has 1 aliphatic carbocycles. The third-order valence-electron chi connectivity index (χ3n) is 5.74. The number of hydrogen-bond acceptors (Lipinski definition) is 4. The van der Waals surface area contributed by atoms with Gasteiger partial charge in [-0.1, -0.05) is 41.4 Å². The lowest BCUT2D eigenvalue weighted by molar-refractivity contribution is -0.116. The molecule has 6 nitrogen and oxygen atoms in total. The normalized spacial score (nSPS) is 17.7. The van der Waals surface area contributed by atoms with Gasteiger partial charge >= 0.3 is 5.97 Å². The molecule has 1 atom stereocenters. The number of rotatable bonds is 3. The lowest BCUT2D eigenvalue weighted by Crippen LogP contribution is -2.31. The number of carbonyl (C=O) groups is 2. The van der Waals surface area contributed by atoms with Crippen molar-refractivity contribution in [1.29, 1.82) is 0 Å². The van der Waals surface area contributed by atoms with E-state index in [2.05, 4.69) is 10.4 Å². The van der Waals surface area contributed by atoms with E-state index in [1.54, 1.807) is 47.3 Å². The van der Waals surface area contributed by atoms with Crippen LogP contribution in [-0.4, -0.2) is 26.6 Å². The van der Waals surface area contributed by atoms with Crippen molar-refractivity contribution in [3.05, 3.63) is 81.1 Å². The third-order valence-corrected chi connectivity index (χ3v) is 6.48. The predicted molar refractivity (Wildman–Crippen MR) is 119 cm³/mol. The SMILES string of the molecule is O=C1CCCC2=C1C(c1ccc(Cl)c(Cl)c1)n1ncc(-c3ccc(C(=O)O)cc3)c1N2. The van der Waals surface area contributed by atoms with Crippen molar-refractivity contribution in [2.24, 2.45) is 0 Å². The van der Waals surface area contributed by atoms with Crippen LogP contribution in [0.25, 0.3) is 11.1 Å². The minimum absolute atomic E-state index is 0.0957. The summed E-state index contributed by atoms with van der Waals surface area (Å²) in [4.78, 5) is 24.1. The Morgan fingerprint density at radius 2 is 1.87 bits per heavy atom. The number of anilines is 1. The second-order valence-electron chi connectivity index (χ2n) is 7.60. The molecule has 8 heteroatoms. The molecular formula is C23H17Cl2N3O3. The Bertz CT molecular complexity index is 1260. The van der Waals surface area contributed by atoms with Gasteiger partial charge in [-0.05, 0) is 48.2 Å². The minimum atomic E-state index is -0.975. The van der Waals surface area contributed by atoms with Crippen LogP contribution in [0.1, 0.15) is 41.2 Å². The first kappa shape index (κ1) is 19.8. The summed E-state index contributed by atoms with van der Waals surface area (Å²) in [6.07, 6.45) is 3.78. The molecule has 5 rings (SSSR count). The summed E-state index contributed by atoms with van der Waals surface area (Å²) in [5, 5.41) is 18.1. The van der Waals surface area contributed by atoms with Crippen LogP contribution < -0.4 is 5.32 Å². The topological polar surface area (TPSA) is 84.2 Å². The number of carboxylic acids is 1. The zero-order valence-corrected chi connectivity index (χ0v) is 17.7. The fourth-order valence-corrected chi connectivity index (χ4v) is 4.56. The second-order valence-corrected chi connectivity index (χ2v) is 8.42.